The molecule has 0 saturated carbocycles. The summed E-state index contributed by atoms with van der Waals surface area (Å²) in [4.78, 5) is 4.19. The van der Waals surface area contributed by atoms with Crippen LogP contribution in [0, 0.1) is 0 Å². The number of aromatic nitrogens is 3. The third-order valence-corrected chi connectivity index (χ3v) is 2.78. The lowest BCUT2D eigenvalue weighted by molar-refractivity contribution is 0.528. The lowest BCUT2D eigenvalue weighted by atomic mass is 10.3. The average molecular weight is 219 g/mol. The molecule has 78 valence electrons. The third-order valence-electron chi connectivity index (χ3n) is 2.04. The second-order valence-electron chi connectivity index (χ2n) is 3.50. The van der Waals surface area contributed by atoms with E-state index in [1.54, 1.807) is 11.3 Å². The predicted octanol–water partition coefficient (Wildman–Crippen LogP) is 3.09. The fraction of sp³-hybridized carbons (Fsp3) is 0.273. The van der Waals surface area contributed by atoms with Crippen LogP contribution in [0.4, 0.5) is 0 Å². The Balaban J connectivity index is 2.21. The van der Waals surface area contributed by atoms with Crippen molar-refractivity contribution < 1.29 is 0 Å². The van der Waals surface area contributed by atoms with Gasteiger partial charge in [0.1, 0.15) is 5.01 Å². The van der Waals surface area contributed by atoms with Crippen molar-refractivity contribution in [1.29, 1.82) is 0 Å². The Morgan fingerprint density at radius 1 is 1.33 bits per heavy atom. The van der Waals surface area contributed by atoms with E-state index in [1.165, 1.54) is 0 Å². The van der Waals surface area contributed by atoms with Crippen LogP contribution in [0.3, 0.4) is 0 Å². The lowest BCUT2D eigenvalue weighted by Crippen LogP contribution is -2.04. The largest absolute Gasteiger partial charge is 0.263 e. The Kier molecular flexibility index (Phi) is 2.97. The Labute approximate surface area is 93.1 Å². The predicted molar refractivity (Wildman–Crippen MR) is 63.7 cm³/mol. The molecule has 4 heteroatoms. The van der Waals surface area contributed by atoms with E-state index < -0.39 is 0 Å². The minimum Gasteiger partial charge on any atom is -0.263 e. The molecule has 3 nitrogen and oxygen atoms in total. The molecule has 0 saturated heterocycles. The molecule has 0 aromatic carbocycles. The summed E-state index contributed by atoms with van der Waals surface area (Å²) in [5, 5.41) is 7.26. The Hall–Kier alpha value is -1.42. The minimum atomic E-state index is 0.385. The summed E-state index contributed by atoms with van der Waals surface area (Å²) in [6.45, 7) is 4.24. The van der Waals surface area contributed by atoms with Gasteiger partial charge in [-0.3, -0.25) is 4.68 Å². The Morgan fingerprint density at radius 3 is 2.87 bits per heavy atom. The van der Waals surface area contributed by atoms with Crippen LogP contribution in [-0.2, 0) is 0 Å². The van der Waals surface area contributed by atoms with Crippen LogP contribution in [0.25, 0.3) is 12.2 Å². The molecule has 0 amide bonds. The SMILES string of the molecule is CC(C)n1nccc1/C=C/c1nccs1. The summed E-state index contributed by atoms with van der Waals surface area (Å²) < 4.78 is 1.99. The van der Waals surface area contributed by atoms with E-state index in [9.17, 15) is 0 Å². The standard InChI is InChI=1S/C11H13N3S/c1-9(2)14-10(5-6-13-14)3-4-11-12-7-8-15-11/h3-9H,1-2H3/b4-3+. The molecular formula is C11H13N3S. The molecule has 0 aliphatic carbocycles. The summed E-state index contributed by atoms with van der Waals surface area (Å²) >= 11 is 1.63. The molecule has 0 fully saturated rings. The van der Waals surface area contributed by atoms with E-state index in [0.717, 1.165) is 10.7 Å². The maximum atomic E-state index is 4.26. The van der Waals surface area contributed by atoms with Crippen LogP contribution in [0.1, 0.15) is 30.6 Å². The fourth-order valence-electron chi connectivity index (χ4n) is 1.36. The number of thiazole rings is 1. The summed E-state index contributed by atoms with van der Waals surface area (Å²) in [5.74, 6) is 0. The average Bonchev–Trinajstić information content (AvgIpc) is 2.86. The summed E-state index contributed by atoms with van der Waals surface area (Å²) in [6.07, 6.45) is 7.69. The van der Waals surface area contributed by atoms with Gasteiger partial charge in [0, 0.05) is 23.8 Å². The number of rotatable bonds is 3. The molecule has 0 unspecified atom stereocenters. The lowest BCUT2D eigenvalue weighted by Gasteiger charge is -2.07. The van der Waals surface area contributed by atoms with Gasteiger partial charge in [-0.25, -0.2) is 4.98 Å². The molecular weight excluding hydrogens is 206 g/mol. The van der Waals surface area contributed by atoms with E-state index in [0.29, 0.717) is 6.04 Å². The van der Waals surface area contributed by atoms with Crippen molar-refractivity contribution in [3.8, 4) is 0 Å². The van der Waals surface area contributed by atoms with Crippen molar-refractivity contribution in [1.82, 2.24) is 14.8 Å². The van der Waals surface area contributed by atoms with Crippen molar-refractivity contribution in [3.05, 3.63) is 34.5 Å². The molecule has 0 aliphatic rings. The highest BCUT2D eigenvalue weighted by Gasteiger charge is 2.02. The normalized spacial score (nSPS) is 11.7. The molecule has 0 radical (unpaired) electrons. The van der Waals surface area contributed by atoms with Gasteiger partial charge >= 0.3 is 0 Å². The van der Waals surface area contributed by atoms with Gasteiger partial charge in [-0.05, 0) is 32.1 Å². The fourth-order valence-corrected chi connectivity index (χ4v) is 1.89. The van der Waals surface area contributed by atoms with Crippen LogP contribution < -0.4 is 0 Å². The van der Waals surface area contributed by atoms with Gasteiger partial charge in [0.25, 0.3) is 0 Å². The quantitative estimate of drug-likeness (QED) is 0.794. The molecule has 0 spiro atoms. The first-order valence-corrected chi connectivity index (χ1v) is 5.76. The second kappa shape index (κ2) is 4.40. The minimum absolute atomic E-state index is 0.385. The van der Waals surface area contributed by atoms with Crippen molar-refractivity contribution in [3.63, 3.8) is 0 Å². The Bertz CT molecular complexity index is 440. The zero-order chi connectivity index (χ0) is 10.7. The van der Waals surface area contributed by atoms with Gasteiger partial charge in [-0.2, -0.15) is 5.10 Å². The Morgan fingerprint density at radius 2 is 2.20 bits per heavy atom. The second-order valence-corrected chi connectivity index (χ2v) is 4.42. The number of nitrogens with zero attached hydrogens (tertiary/aromatic N) is 3. The van der Waals surface area contributed by atoms with E-state index in [-0.39, 0.29) is 0 Å². The number of hydrogen-bond donors (Lipinski definition) is 0. The van der Waals surface area contributed by atoms with E-state index in [1.807, 2.05) is 40.7 Å². The van der Waals surface area contributed by atoms with Gasteiger partial charge < -0.3 is 0 Å². The highest BCUT2D eigenvalue weighted by Crippen LogP contribution is 2.13. The molecule has 0 bridgehead atoms. The first-order chi connectivity index (χ1) is 7.27. The first kappa shape index (κ1) is 10.1. The van der Waals surface area contributed by atoms with Crippen LogP contribution in [-0.4, -0.2) is 14.8 Å². The van der Waals surface area contributed by atoms with Gasteiger partial charge in [0.05, 0.1) is 5.69 Å². The van der Waals surface area contributed by atoms with Crippen molar-refractivity contribution >= 4 is 23.5 Å². The maximum Gasteiger partial charge on any atom is 0.116 e. The van der Waals surface area contributed by atoms with Gasteiger partial charge in [0.15, 0.2) is 0 Å². The van der Waals surface area contributed by atoms with Gasteiger partial charge in [-0.1, -0.05) is 0 Å². The van der Waals surface area contributed by atoms with Gasteiger partial charge in [-0.15, -0.1) is 11.3 Å². The maximum absolute atomic E-state index is 4.26. The molecule has 2 aromatic rings. The summed E-state index contributed by atoms with van der Waals surface area (Å²) in [7, 11) is 0. The van der Waals surface area contributed by atoms with Crippen molar-refractivity contribution in [2.75, 3.05) is 0 Å². The third kappa shape index (κ3) is 2.33. The molecule has 0 aliphatic heterocycles. The summed E-state index contributed by atoms with van der Waals surface area (Å²) in [6, 6.07) is 2.39. The molecule has 15 heavy (non-hydrogen) atoms. The molecule has 2 aromatic heterocycles. The highest BCUT2D eigenvalue weighted by molar-refractivity contribution is 7.10. The zero-order valence-corrected chi connectivity index (χ0v) is 9.61. The molecule has 0 N–H and O–H groups in total. The van der Waals surface area contributed by atoms with Crippen molar-refractivity contribution in [2.24, 2.45) is 0 Å². The molecule has 2 rings (SSSR count). The van der Waals surface area contributed by atoms with Crippen LogP contribution >= 0.6 is 11.3 Å². The monoisotopic (exact) mass is 219 g/mol. The van der Waals surface area contributed by atoms with Crippen LogP contribution in [0.5, 0.6) is 0 Å². The number of hydrogen-bond acceptors (Lipinski definition) is 3. The smallest absolute Gasteiger partial charge is 0.116 e. The van der Waals surface area contributed by atoms with E-state index in [4.69, 9.17) is 0 Å². The van der Waals surface area contributed by atoms with Crippen LogP contribution in [0.2, 0.25) is 0 Å². The van der Waals surface area contributed by atoms with Crippen molar-refractivity contribution in [2.45, 2.75) is 19.9 Å². The zero-order valence-electron chi connectivity index (χ0n) is 8.79. The van der Waals surface area contributed by atoms with Crippen LogP contribution in [0.15, 0.2) is 23.8 Å². The topological polar surface area (TPSA) is 30.7 Å². The highest BCUT2D eigenvalue weighted by atomic mass is 32.1. The van der Waals surface area contributed by atoms with E-state index in [2.05, 4.69) is 23.9 Å². The molecule has 0 atom stereocenters. The first-order valence-electron chi connectivity index (χ1n) is 4.88. The van der Waals surface area contributed by atoms with E-state index >= 15 is 0 Å². The summed E-state index contributed by atoms with van der Waals surface area (Å²) in [5.41, 5.74) is 1.11. The van der Waals surface area contributed by atoms with Gasteiger partial charge in [0.2, 0.25) is 0 Å². The molecule has 2 heterocycles.